The number of esters is 3. The number of ether oxygens (including phenoxy) is 3. The average molecular weight is 793 g/mol. The maximum atomic E-state index is 12.8. The van der Waals surface area contributed by atoms with Crippen LogP contribution in [-0.2, 0) is 28.6 Å². The molecular weight excluding hydrogens is 697 g/mol. The monoisotopic (exact) mass is 793 g/mol. The molecule has 0 rings (SSSR count). The fourth-order valence-electron chi connectivity index (χ4n) is 7.34. The fraction of sp³-hybridized carbons (Fsp3) is 0.940. The van der Waals surface area contributed by atoms with Gasteiger partial charge in [-0.3, -0.25) is 14.4 Å². The third kappa shape index (κ3) is 40.6. The number of hydrogen-bond acceptors (Lipinski definition) is 6. The topological polar surface area (TPSA) is 78.9 Å². The Kier molecular flexibility index (Phi) is 40.4. The second-order valence-corrected chi connectivity index (χ2v) is 18.1. The third-order valence-electron chi connectivity index (χ3n) is 11.9. The molecule has 2 unspecified atom stereocenters. The van der Waals surface area contributed by atoms with Crippen molar-refractivity contribution in [3.63, 3.8) is 0 Å². The molecule has 6 nitrogen and oxygen atoms in total. The van der Waals surface area contributed by atoms with Crippen molar-refractivity contribution in [2.24, 2.45) is 17.8 Å². The molecule has 0 aliphatic carbocycles. The van der Waals surface area contributed by atoms with Crippen LogP contribution in [0, 0.1) is 17.8 Å². The standard InChI is InChI=1S/C50H96O6/c1-7-45(5)37-31-25-19-15-13-11-9-10-12-14-16-20-29-35-41-50(53)56-47(42-54-48(51)39-33-27-21-17-18-24-30-36-44(3)4)43-55-49(52)40-34-28-23-22-26-32-38-46(6)8-2/h44-47H,7-43H2,1-6H3/t45?,46?,47-/m0/s1. The second kappa shape index (κ2) is 41.6. The summed E-state index contributed by atoms with van der Waals surface area (Å²) < 4.78 is 16.7. The zero-order chi connectivity index (χ0) is 41.3. The molecule has 3 atom stereocenters. The molecule has 0 aliphatic rings. The minimum absolute atomic E-state index is 0.0667. The van der Waals surface area contributed by atoms with E-state index >= 15 is 0 Å². The summed E-state index contributed by atoms with van der Waals surface area (Å²) in [5.74, 6) is 1.63. The number of hydrogen-bond donors (Lipinski definition) is 0. The van der Waals surface area contributed by atoms with Crippen LogP contribution in [0.25, 0.3) is 0 Å². The van der Waals surface area contributed by atoms with Crippen LogP contribution in [0.3, 0.4) is 0 Å². The molecule has 0 radical (unpaired) electrons. The first-order chi connectivity index (χ1) is 27.2. The Morgan fingerprint density at radius 1 is 0.357 bits per heavy atom. The summed E-state index contributed by atoms with van der Waals surface area (Å²) in [6.45, 7) is 13.7. The molecule has 0 saturated heterocycles. The number of unbranched alkanes of at least 4 members (excludes halogenated alkanes) is 24. The van der Waals surface area contributed by atoms with E-state index in [1.807, 2.05) is 0 Å². The van der Waals surface area contributed by atoms with Crippen LogP contribution in [0.4, 0.5) is 0 Å². The summed E-state index contributed by atoms with van der Waals surface area (Å²) >= 11 is 0. The molecule has 0 N–H and O–H groups in total. The van der Waals surface area contributed by atoms with Gasteiger partial charge in [0.1, 0.15) is 13.2 Å². The van der Waals surface area contributed by atoms with Gasteiger partial charge in [0.2, 0.25) is 0 Å². The third-order valence-corrected chi connectivity index (χ3v) is 11.9. The molecule has 0 aromatic carbocycles. The Morgan fingerprint density at radius 3 is 0.929 bits per heavy atom. The number of rotatable bonds is 43. The summed E-state index contributed by atoms with van der Waals surface area (Å²) in [7, 11) is 0. The molecule has 0 fully saturated rings. The molecule has 0 aromatic heterocycles. The summed E-state index contributed by atoms with van der Waals surface area (Å²) in [5, 5.41) is 0. The first-order valence-corrected chi connectivity index (χ1v) is 24.7. The van der Waals surface area contributed by atoms with Crippen molar-refractivity contribution in [3.05, 3.63) is 0 Å². The molecule has 0 heterocycles. The van der Waals surface area contributed by atoms with Crippen LogP contribution < -0.4 is 0 Å². The largest absolute Gasteiger partial charge is 0.462 e. The van der Waals surface area contributed by atoms with E-state index in [-0.39, 0.29) is 31.1 Å². The lowest BCUT2D eigenvalue weighted by Gasteiger charge is -2.18. The van der Waals surface area contributed by atoms with E-state index in [1.165, 1.54) is 148 Å². The molecule has 332 valence electrons. The van der Waals surface area contributed by atoms with Crippen LogP contribution in [0.1, 0.15) is 266 Å². The van der Waals surface area contributed by atoms with Gasteiger partial charge in [0, 0.05) is 19.3 Å². The van der Waals surface area contributed by atoms with Crippen LogP contribution >= 0.6 is 0 Å². The Morgan fingerprint density at radius 2 is 0.625 bits per heavy atom. The first kappa shape index (κ1) is 54.4. The molecule has 0 saturated carbocycles. The van der Waals surface area contributed by atoms with Crippen molar-refractivity contribution in [1.29, 1.82) is 0 Å². The van der Waals surface area contributed by atoms with E-state index in [0.717, 1.165) is 75.5 Å². The Labute approximate surface area is 348 Å². The summed E-state index contributed by atoms with van der Waals surface area (Å²) in [6.07, 6.45) is 39.5. The highest BCUT2D eigenvalue weighted by atomic mass is 16.6. The molecule has 0 aliphatic heterocycles. The molecule has 0 spiro atoms. The van der Waals surface area contributed by atoms with Gasteiger partial charge in [0.05, 0.1) is 0 Å². The lowest BCUT2D eigenvalue weighted by Crippen LogP contribution is -2.30. The van der Waals surface area contributed by atoms with Gasteiger partial charge >= 0.3 is 17.9 Å². The van der Waals surface area contributed by atoms with Crippen molar-refractivity contribution in [3.8, 4) is 0 Å². The van der Waals surface area contributed by atoms with Crippen LogP contribution in [0.5, 0.6) is 0 Å². The van der Waals surface area contributed by atoms with Gasteiger partial charge in [-0.2, -0.15) is 0 Å². The minimum atomic E-state index is -0.763. The summed E-state index contributed by atoms with van der Waals surface area (Å²) in [4.78, 5) is 37.8. The second-order valence-electron chi connectivity index (χ2n) is 18.1. The average Bonchev–Trinajstić information content (AvgIpc) is 3.18. The smallest absolute Gasteiger partial charge is 0.306 e. The highest BCUT2D eigenvalue weighted by Crippen LogP contribution is 2.18. The van der Waals surface area contributed by atoms with E-state index in [9.17, 15) is 14.4 Å². The normalized spacial score (nSPS) is 13.1. The molecule has 56 heavy (non-hydrogen) atoms. The zero-order valence-corrected chi connectivity index (χ0v) is 38.4. The molecular formula is C50H96O6. The van der Waals surface area contributed by atoms with E-state index in [2.05, 4.69) is 41.5 Å². The maximum Gasteiger partial charge on any atom is 0.306 e. The summed E-state index contributed by atoms with van der Waals surface area (Å²) in [5.41, 5.74) is 0. The number of carbonyl (C=O) groups excluding carboxylic acids is 3. The van der Waals surface area contributed by atoms with Gasteiger partial charge in [-0.1, -0.05) is 228 Å². The zero-order valence-electron chi connectivity index (χ0n) is 38.4. The van der Waals surface area contributed by atoms with Gasteiger partial charge < -0.3 is 14.2 Å². The van der Waals surface area contributed by atoms with Crippen LogP contribution in [0.2, 0.25) is 0 Å². The van der Waals surface area contributed by atoms with Gasteiger partial charge in [-0.05, 0) is 37.0 Å². The van der Waals surface area contributed by atoms with Crippen molar-refractivity contribution < 1.29 is 28.6 Å². The van der Waals surface area contributed by atoms with Gasteiger partial charge in [0.15, 0.2) is 6.10 Å². The van der Waals surface area contributed by atoms with Gasteiger partial charge in [-0.25, -0.2) is 0 Å². The predicted molar refractivity (Wildman–Crippen MR) is 238 cm³/mol. The minimum Gasteiger partial charge on any atom is -0.462 e. The van der Waals surface area contributed by atoms with Crippen molar-refractivity contribution in [2.75, 3.05) is 13.2 Å². The van der Waals surface area contributed by atoms with Crippen molar-refractivity contribution in [2.45, 2.75) is 272 Å². The predicted octanol–water partition coefficient (Wildman–Crippen LogP) is 15.6. The summed E-state index contributed by atoms with van der Waals surface area (Å²) in [6, 6.07) is 0. The first-order valence-electron chi connectivity index (χ1n) is 24.7. The molecule has 0 bridgehead atoms. The quantitative estimate of drug-likeness (QED) is 0.0348. The van der Waals surface area contributed by atoms with E-state index in [1.54, 1.807) is 0 Å². The van der Waals surface area contributed by atoms with Gasteiger partial charge in [-0.15, -0.1) is 0 Å². The van der Waals surface area contributed by atoms with Crippen molar-refractivity contribution >= 4 is 17.9 Å². The van der Waals surface area contributed by atoms with E-state index in [4.69, 9.17) is 14.2 Å². The van der Waals surface area contributed by atoms with E-state index < -0.39 is 6.10 Å². The van der Waals surface area contributed by atoms with Crippen LogP contribution in [-0.4, -0.2) is 37.2 Å². The highest BCUT2D eigenvalue weighted by Gasteiger charge is 2.19. The lowest BCUT2D eigenvalue weighted by atomic mass is 9.99. The molecule has 0 amide bonds. The SMILES string of the molecule is CCC(C)CCCCCCCCCCCCCCCCC(=O)O[C@@H](COC(=O)CCCCCCCCCC(C)C)COC(=O)CCCCCCCCC(C)CC. The number of carbonyl (C=O) groups is 3. The van der Waals surface area contributed by atoms with E-state index in [0.29, 0.717) is 19.3 Å². The fourth-order valence-corrected chi connectivity index (χ4v) is 7.34. The van der Waals surface area contributed by atoms with Gasteiger partial charge in [0.25, 0.3) is 0 Å². The lowest BCUT2D eigenvalue weighted by molar-refractivity contribution is -0.167. The Bertz CT molecular complexity index is 872. The van der Waals surface area contributed by atoms with Crippen molar-refractivity contribution in [1.82, 2.24) is 0 Å². The molecule has 0 aromatic rings. The Hall–Kier alpha value is -1.59. The maximum absolute atomic E-state index is 12.8. The van der Waals surface area contributed by atoms with Crippen LogP contribution in [0.15, 0.2) is 0 Å². The Balaban J connectivity index is 4.28. The molecule has 6 heteroatoms. The highest BCUT2D eigenvalue weighted by molar-refractivity contribution is 5.71.